The Morgan fingerprint density at radius 2 is 1.63 bits per heavy atom. The zero-order valence-electron chi connectivity index (χ0n) is 26.3. The number of nitrogens with one attached hydrogen (secondary N) is 3. The summed E-state index contributed by atoms with van der Waals surface area (Å²) in [5.41, 5.74) is 1.23. The van der Waals surface area contributed by atoms with Crippen LogP contribution in [-0.4, -0.2) is 87.4 Å². The van der Waals surface area contributed by atoms with Gasteiger partial charge >= 0.3 is 24.0 Å². The Kier molecular flexibility index (Phi) is 10.8. The fourth-order valence-electron chi connectivity index (χ4n) is 4.68. The molecule has 3 amide bonds. The maximum Gasteiger partial charge on any atom is 0.422 e. The lowest BCUT2D eigenvalue weighted by molar-refractivity contribution is -0.154. The molecule has 1 saturated carbocycles. The number of hydrogen-bond acceptors (Lipinski definition) is 11. The van der Waals surface area contributed by atoms with Crippen molar-refractivity contribution in [2.75, 3.05) is 49.7 Å². The first-order valence-electron chi connectivity index (χ1n) is 14.9. The van der Waals surface area contributed by atoms with Crippen molar-refractivity contribution < 1.29 is 32.3 Å². The van der Waals surface area contributed by atoms with E-state index < -0.39 is 36.1 Å². The van der Waals surface area contributed by atoms with Gasteiger partial charge in [-0.1, -0.05) is 23.7 Å². The normalized spacial score (nSPS) is 13.3. The smallest absolute Gasteiger partial charge is 0.422 e. The number of rotatable bonds is 13. The van der Waals surface area contributed by atoms with Gasteiger partial charge in [0.2, 0.25) is 11.9 Å². The Morgan fingerprint density at radius 3 is 2.27 bits per heavy atom. The summed E-state index contributed by atoms with van der Waals surface area (Å²) in [6, 6.07) is 13.0. The number of amides is 3. The number of carbonyl (C=O) groups is 3. The van der Waals surface area contributed by atoms with Gasteiger partial charge in [0.25, 0.3) is 5.91 Å². The second kappa shape index (κ2) is 15.0. The molecular weight excluding hydrogens is 687 g/mol. The predicted molar refractivity (Wildman–Crippen MR) is 177 cm³/mol. The molecule has 1 fully saturated rings. The monoisotopic (exact) mass is 717 g/mol. The topological polar surface area (TPSA) is 155 Å². The number of halogens is 4. The van der Waals surface area contributed by atoms with Crippen molar-refractivity contribution in [3.05, 3.63) is 76.3 Å². The summed E-state index contributed by atoms with van der Waals surface area (Å²) in [5.74, 6) is -1.86. The lowest BCUT2D eigenvalue weighted by Crippen LogP contribution is -2.38. The zero-order chi connectivity index (χ0) is 35.2. The summed E-state index contributed by atoms with van der Waals surface area (Å²) in [5, 5.41) is 11.1. The van der Waals surface area contributed by atoms with Crippen molar-refractivity contribution in [2.45, 2.75) is 31.0 Å². The Bertz CT molecular complexity index is 1770. The summed E-state index contributed by atoms with van der Waals surface area (Å²) < 4.78 is 43.6. The summed E-state index contributed by atoms with van der Waals surface area (Å²) >= 11 is 7.22. The molecule has 0 bridgehead atoms. The van der Waals surface area contributed by atoms with Gasteiger partial charge in [0, 0.05) is 55.0 Å². The van der Waals surface area contributed by atoms with E-state index in [0.29, 0.717) is 34.4 Å². The number of thiazole rings is 1. The molecule has 0 unspecified atom stereocenters. The molecule has 5 rings (SSSR count). The molecule has 2 heterocycles. The van der Waals surface area contributed by atoms with Crippen molar-refractivity contribution in [1.29, 1.82) is 0 Å². The fraction of sp³-hybridized carbons (Fsp3) is 0.323. The number of alkyl halides is 3. The molecule has 0 radical (unpaired) electrons. The van der Waals surface area contributed by atoms with Crippen molar-refractivity contribution in [3.8, 4) is 6.01 Å². The molecule has 4 aromatic rings. The third kappa shape index (κ3) is 9.76. The molecule has 1 aliphatic rings. The van der Waals surface area contributed by atoms with Crippen molar-refractivity contribution in [3.63, 3.8) is 0 Å². The largest absolute Gasteiger partial charge is 0.454 e. The van der Waals surface area contributed by atoms with E-state index in [2.05, 4.69) is 35.9 Å². The number of ether oxygens (including phenoxy) is 1. The molecule has 2 aromatic carbocycles. The highest BCUT2D eigenvalue weighted by Crippen LogP contribution is 2.48. The van der Waals surface area contributed by atoms with E-state index >= 15 is 0 Å². The maximum atomic E-state index is 13.0. The van der Waals surface area contributed by atoms with Gasteiger partial charge in [-0.15, -0.1) is 11.3 Å². The van der Waals surface area contributed by atoms with Crippen LogP contribution in [0.25, 0.3) is 0 Å². The Labute approximate surface area is 287 Å². The molecule has 49 heavy (non-hydrogen) atoms. The number of hydrogen-bond donors (Lipinski definition) is 3. The van der Waals surface area contributed by atoms with Gasteiger partial charge in [-0.25, -0.2) is 4.98 Å². The molecule has 0 spiro atoms. The van der Waals surface area contributed by atoms with Crippen LogP contribution in [0.15, 0.2) is 60.1 Å². The van der Waals surface area contributed by atoms with Gasteiger partial charge in [-0.2, -0.15) is 28.1 Å². The first kappa shape index (κ1) is 35.3. The van der Waals surface area contributed by atoms with Gasteiger partial charge in [0.1, 0.15) is 0 Å². The molecular formula is C31H31ClF3N9O4S. The van der Waals surface area contributed by atoms with Gasteiger partial charge in [-0.3, -0.25) is 19.7 Å². The second-order valence-electron chi connectivity index (χ2n) is 11.2. The van der Waals surface area contributed by atoms with Crippen molar-refractivity contribution in [1.82, 2.24) is 29.7 Å². The average Bonchev–Trinajstić information content (AvgIpc) is 3.66. The van der Waals surface area contributed by atoms with Gasteiger partial charge in [-0.05, 0) is 61.2 Å². The van der Waals surface area contributed by atoms with Gasteiger partial charge in [0.05, 0.1) is 5.54 Å². The first-order valence-corrected chi connectivity index (χ1v) is 16.1. The Balaban J connectivity index is 1.19. The van der Waals surface area contributed by atoms with Crippen molar-refractivity contribution in [2.24, 2.45) is 0 Å². The van der Waals surface area contributed by atoms with E-state index in [-0.39, 0.29) is 24.3 Å². The SMILES string of the molecule is CN(CCCN(C)C(=O)c1ccc(Nc2nc(NC3(c4ccc(Cl)cc4)CC3)nc(OCC(F)(F)F)n2)cc1)C(=O)C(=O)Nc1nccs1. The van der Waals surface area contributed by atoms with Gasteiger partial charge in [0.15, 0.2) is 11.7 Å². The standard InChI is InChI=1S/C31H31ClF3N9O4S/c1-43(15-3-16-44(2)25(47)23(45)38-29-36-14-17-49-29)24(46)19-4-10-22(11-5-19)37-26-39-27(41-28(40-26)48-18-31(33,34)35)42-30(12-13-30)20-6-8-21(32)9-7-20/h4-11,14,17H,3,12-13,15-16,18H2,1-2H3,(H,36,38,45)(H2,37,39,40,41,42). The highest BCUT2D eigenvalue weighted by Gasteiger charge is 2.45. The molecule has 13 nitrogen and oxygen atoms in total. The number of nitrogens with zero attached hydrogens (tertiary/aromatic N) is 6. The minimum absolute atomic E-state index is 0.0167. The van der Waals surface area contributed by atoms with E-state index in [1.165, 1.54) is 34.4 Å². The van der Waals surface area contributed by atoms with Crippen LogP contribution < -0.4 is 20.7 Å². The van der Waals surface area contributed by atoms with Crippen LogP contribution in [0.3, 0.4) is 0 Å². The van der Waals surface area contributed by atoms with E-state index in [1.807, 2.05) is 12.1 Å². The predicted octanol–water partition coefficient (Wildman–Crippen LogP) is 5.33. The number of benzene rings is 2. The lowest BCUT2D eigenvalue weighted by atomic mass is 10.1. The molecule has 0 aliphatic heterocycles. The minimum atomic E-state index is -4.60. The highest BCUT2D eigenvalue weighted by molar-refractivity contribution is 7.13. The summed E-state index contributed by atoms with van der Waals surface area (Å²) in [6.07, 6.45) is -1.19. The Morgan fingerprint density at radius 1 is 0.959 bits per heavy atom. The summed E-state index contributed by atoms with van der Waals surface area (Å²) in [6.45, 7) is -1.04. The van der Waals surface area contributed by atoms with Gasteiger partial charge < -0.3 is 25.2 Å². The zero-order valence-corrected chi connectivity index (χ0v) is 27.8. The third-order valence-electron chi connectivity index (χ3n) is 7.39. The van der Waals surface area contributed by atoms with Crippen LogP contribution in [0.5, 0.6) is 6.01 Å². The van der Waals surface area contributed by atoms with Crippen LogP contribution in [-0.2, 0) is 15.1 Å². The quantitative estimate of drug-likeness (QED) is 0.155. The molecule has 3 N–H and O–H groups in total. The van der Waals surface area contributed by atoms with Crippen LogP contribution in [0.2, 0.25) is 5.02 Å². The summed E-state index contributed by atoms with van der Waals surface area (Å²) in [4.78, 5) is 56.6. The molecule has 1 aliphatic carbocycles. The summed E-state index contributed by atoms with van der Waals surface area (Å²) in [7, 11) is 3.11. The van der Waals surface area contributed by atoms with Crippen LogP contribution in [0.1, 0.15) is 35.2 Å². The number of carbonyl (C=O) groups excluding carboxylic acids is 3. The third-order valence-corrected chi connectivity index (χ3v) is 8.33. The minimum Gasteiger partial charge on any atom is -0.454 e. The molecule has 2 aromatic heterocycles. The van der Waals surface area contributed by atoms with E-state index in [9.17, 15) is 27.6 Å². The van der Waals surface area contributed by atoms with Crippen molar-refractivity contribution >= 4 is 63.4 Å². The fourth-order valence-corrected chi connectivity index (χ4v) is 5.33. The molecule has 0 saturated heterocycles. The van der Waals surface area contributed by atoms with Crippen LogP contribution in [0.4, 0.5) is 35.9 Å². The van der Waals surface area contributed by atoms with E-state index in [0.717, 1.165) is 18.4 Å². The van der Waals surface area contributed by atoms with E-state index in [1.54, 1.807) is 48.8 Å². The molecule has 18 heteroatoms. The number of anilines is 4. The van der Waals surface area contributed by atoms with Crippen LogP contribution >= 0.6 is 22.9 Å². The Hall–Kier alpha value is -5.03. The highest BCUT2D eigenvalue weighted by atomic mass is 35.5. The first-order chi connectivity index (χ1) is 23.3. The molecule has 0 atom stereocenters. The van der Waals surface area contributed by atoms with E-state index in [4.69, 9.17) is 16.3 Å². The lowest BCUT2D eigenvalue weighted by Gasteiger charge is -2.20. The van der Waals surface area contributed by atoms with Crippen LogP contribution in [0, 0.1) is 0 Å². The second-order valence-corrected chi connectivity index (χ2v) is 12.5. The maximum absolute atomic E-state index is 13.0. The molecule has 258 valence electrons. The average molecular weight is 718 g/mol. The number of likely N-dealkylation sites (N-methyl/N-ethyl adjacent to an activating group) is 1. The number of aromatic nitrogens is 4.